The van der Waals surface area contributed by atoms with E-state index in [0.29, 0.717) is 16.5 Å². The average Bonchev–Trinajstić information content (AvgIpc) is 2.16. The summed E-state index contributed by atoms with van der Waals surface area (Å²) in [4.78, 5) is 11.7. The Morgan fingerprint density at radius 1 is 1.43 bits per heavy atom. The highest BCUT2D eigenvalue weighted by molar-refractivity contribution is 9.10. The first-order chi connectivity index (χ1) is 6.59. The van der Waals surface area contributed by atoms with Crippen molar-refractivity contribution >= 4 is 32.8 Å². The molecule has 2 aromatic rings. The van der Waals surface area contributed by atoms with E-state index in [9.17, 15) is 4.79 Å². The molecule has 1 heterocycles. The summed E-state index contributed by atoms with van der Waals surface area (Å²) in [6, 6.07) is 5.25. The summed E-state index contributed by atoms with van der Waals surface area (Å²) in [5.74, 6) is 0.185. The van der Waals surface area contributed by atoms with E-state index in [0.717, 1.165) is 4.47 Å². The second-order valence-electron chi connectivity index (χ2n) is 3.06. The highest BCUT2D eigenvalue weighted by Crippen LogP contribution is 2.20. The van der Waals surface area contributed by atoms with Crippen LogP contribution < -0.4 is 11.2 Å². The van der Waals surface area contributed by atoms with Crippen LogP contribution in [0.5, 0.6) is 0 Å². The molecule has 0 spiro atoms. The minimum atomic E-state index is -0.0787. The number of hydrogen-bond donors (Lipinski definition) is 1. The first-order valence-electron chi connectivity index (χ1n) is 4.08. The van der Waals surface area contributed by atoms with Crippen LogP contribution in [0.15, 0.2) is 31.9 Å². The Morgan fingerprint density at radius 2 is 2.14 bits per heavy atom. The number of nitrogens with two attached hydrogens (primary N) is 1. The van der Waals surface area contributed by atoms with Gasteiger partial charge in [0.05, 0.1) is 10.9 Å². The fourth-order valence-electron chi connectivity index (χ4n) is 1.28. The molecule has 14 heavy (non-hydrogen) atoms. The lowest BCUT2D eigenvalue weighted by Gasteiger charge is -2.01. The summed E-state index contributed by atoms with van der Waals surface area (Å²) < 4.78 is 6.13. The molecule has 0 saturated carbocycles. The third kappa shape index (κ3) is 1.32. The highest BCUT2D eigenvalue weighted by atomic mass is 79.9. The van der Waals surface area contributed by atoms with Crippen molar-refractivity contribution in [1.29, 1.82) is 0 Å². The topological polar surface area (TPSA) is 56.2 Å². The second-order valence-corrected chi connectivity index (χ2v) is 3.98. The Morgan fingerprint density at radius 3 is 2.86 bits per heavy atom. The van der Waals surface area contributed by atoms with Gasteiger partial charge in [0.15, 0.2) is 11.3 Å². The van der Waals surface area contributed by atoms with Gasteiger partial charge in [-0.25, -0.2) is 0 Å². The summed E-state index contributed by atoms with van der Waals surface area (Å²) >= 11 is 3.30. The van der Waals surface area contributed by atoms with Gasteiger partial charge in [-0.15, -0.1) is 0 Å². The van der Waals surface area contributed by atoms with E-state index >= 15 is 0 Å². The van der Waals surface area contributed by atoms with Gasteiger partial charge in [-0.2, -0.15) is 0 Å². The molecule has 0 bridgehead atoms. The van der Waals surface area contributed by atoms with Crippen molar-refractivity contribution in [3.63, 3.8) is 0 Å². The zero-order valence-corrected chi connectivity index (χ0v) is 9.09. The quantitative estimate of drug-likeness (QED) is 0.785. The largest absolute Gasteiger partial charge is 0.440 e. The Labute approximate surface area is 88.7 Å². The van der Waals surface area contributed by atoms with Gasteiger partial charge in [0.2, 0.25) is 0 Å². The van der Waals surface area contributed by atoms with E-state index < -0.39 is 0 Å². The van der Waals surface area contributed by atoms with Crippen molar-refractivity contribution in [2.75, 3.05) is 5.73 Å². The summed E-state index contributed by atoms with van der Waals surface area (Å²) in [7, 11) is 0. The maximum Gasteiger partial charge on any atom is 0.197 e. The maximum absolute atomic E-state index is 11.7. The number of fused-ring (bicyclic) bond motifs is 1. The minimum Gasteiger partial charge on any atom is -0.440 e. The van der Waals surface area contributed by atoms with Crippen LogP contribution in [0.4, 0.5) is 5.88 Å². The Balaban J connectivity index is 2.99. The zero-order valence-electron chi connectivity index (χ0n) is 7.50. The number of anilines is 1. The van der Waals surface area contributed by atoms with Crippen molar-refractivity contribution in [2.45, 2.75) is 6.92 Å². The number of benzene rings is 1. The molecule has 2 rings (SSSR count). The van der Waals surface area contributed by atoms with Crippen LogP contribution in [0.2, 0.25) is 0 Å². The molecule has 0 saturated heterocycles. The molecule has 72 valence electrons. The third-order valence-corrected chi connectivity index (χ3v) is 2.61. The predicted molar refractivity (Wildman–Crippen MR) is 59.3 cm³/mol. The Kier molecular flexibility index (Phi) is 2.07. The van der Waals surface area contributed by atoms with E-state index in [1.54, 1.807) is 25.1 Å². The molecule has 0 aliphatic carbocycles. The second kappa shape index (κ2) is 3.13. The summed E-state index contributed by atoms with van der Waals surface area (Å²) in [6.07, 6.45) is 0. The van der Waals surface area contributed by atoms with E-state index in [4.69, 9.17) is 10.2 Å². The van der Waals surface area contributed by atoms with E-state index in [1.165, 1.54) is 0 Å². The molecule has 2 N–H and O–H groups in total. The fourth-order valence-corrected chi connectivity index (χ4v) is 1.64. The molecule has 0 radical (unpaired) electrons. The van der Waals surface area contributed by atoms with Crippen molar-refractivity contribution in [3.05, 3.63) is 38.5 Å². The zero-order chi connectivity index (χ0) is 10.3. The number of nitrogen functional groups attached to an aromatic ring is 1. The molecule has 0 fully saturated rings. The van der Waals surface area contributed by atoms with Crippen LogP contribution in [0.25, 0.3) is 11.0 Å². The molecule has 4 heteroatoms. The van der Waals surface area contributed by atoms with Crippen molar-refractivity contribution in [2.24, 2.45) is 0 Å². The molecule has 0 aliphatic heterocycles. The lowest BCUT2D eigenvalue weighted by atomic mass is 10.2. The fraction of sp³-hybridized carbons (Fsp3) is 0.100. The Hall–Kier alpha value is -1.29. The average molecular weight is 254 g/mol. The summed E-state index contributed by atoms with van der Waals surface area (Å²) in [5.41, 5.74) is 6.44. The molecule has 1 aromatic heterocycles. The molecule has 1 aromatic carbocycles. The first kappa shape index (κ1) is 9.27. The molecular formula is C10H8BrNO2. The monoisotopic (exact) mass is 253 g/mol. The standard InChI is InChI=1S/C10H8BrNO2/c1-5-9(13)7-4-6(11)2-3-8(7)14-10(5)12/h2-4H,12H2,1H3. The maximum atomic E-state index is 11.7. The van der Waals surface area contributed by atoms with E-state index in [1.807, 2.05) is 0 Å². The van der Waals surface area contributed by atoms with Gasteiger partial charge in [-0.3, -0.25) is 4.79 Å². The lowest BCUT2D eigenvalue weighted by molar-refractivity contribution is 0.620. The SMILES string of the molecule is Cc1c(N)oc2ccc(Br)cc2c1=O. The van der Waals surface area contributed by atoms with Gasteiger partial charge in [0.1, 0.15) is 5.58 Å². The molecular weight excluding hydrogens is 246 g/mol. The van der Waals surface area contributed by atoms with E-state index in [-0.39, 0.29) is 11.3 Å². The third-order valence-electron chi connectivity index (χ3n) is 2.12. The van der Waals surface area contributed by atoms with Crippen LogP contribution in [-0.2, 0) is 0 Å². The van der Waals surface area contributed by atoms with Crippen molar-refractivity contribution in [1.82, 2.24) is 0 Å². The van der Waals surface area contributed by atoms with Gasteiger partial charge in [-0.05, 0) is 25.1 Å². The van der Waals surface area contributed by atoms with Crippen molar-refractivity contribution < 1.29 is 4.42 Å². The minimum absolute atomic E-state index is 0.0787. The molecule has 0 atom stereocenters. The van der Waals surface area contributed by atoms with Crippen molar-refractivity contribution in [3.8, 4) is 0 Å². The van der Waals surface area contributed by atoms with Gasteiger partial charge in [0.25, 0.3) is 0 Å². The Bertz CT molecular complexity index is 560. The normalized spacial score (nSPS) is 10.7. The number of rotatable bonds is 0. The summed E-state index contributed by atoms with van der Waals surface area (Å²) in [5, 5.41) is 0.547. The predicted octanol–water partition coefficient (Wildman–Crippen LogP) is 2.45. The lowest BCUT2D eigenvalue weighted by Crippen LogP contribution is -2.08. The molecule has 0 amide bonds. The van der Waals surface area contributed by atoms with E-state index in [2.05, 4.69) is 15.9 Å². The number of halogens is 1. The van der Waals surface area contributed by atoms with Gasteiger partial charge >= 0.3 is 0 Å². The number of hydrogen-bond acceptors (Lipinski definition) is 3. The van der Waals surface area contributed by atoms with Gasteiger partial charge < -0.3 is 10.2 Å². The first-order valence-corrected chi connectivity index (χ1v) is 4.87. The van der Waals surface area contributed by atoms with Crippen LogP contribution >= 0.6 is 15.9 Å². The highest BCUT2D eigenvalue weighted by Gasteiger charge is 2.07. The molecule has 3 nitrogen and oxygen atoms in total. The van der Waals surface area contributed by atoms with Crippen LogP contribution in [0.1, 0.15) is 5.56 Å². The van der Waals surface area contributed by atoms with Crippen LogP contribution in [-0.4, -0.2) is 0 Å². The molecule has 0 aliphatic rings. The van der Waals surface area contributed by atoms with Crippen LogP contribution in [0, 0.1) is 6.92 Å². The van der Waals surface area contributed by atoms with Gasteiger partial charge in [-0.1, -0.05) is 15.9 Å². The molecule has 0 unspecified atom stereocenters. The summed E-state index contributed by atoms with van der Waals surface area (Å²) in [6.45, 7) is 1.65. The smallest absolute Gasteiger partial charge is 0.197 e. The van der Waals surface area contributed by atoms with Crippen LogP contribution in [0.3, 0.4) is 0 Å². The van der Waals surface area contributed by atoms with Gasteiger partial charge in [0, 0.05) is 4.47 Å².